The van der Waals surface area contributed by atoms with Gasteiger partial charge >= 0.3 is 6.01 Å². The molecule has 6 nitrogen and oxygen atoms in total. The Hall–Kier alpha value is -2.37. The van der Waals surface area contributed by atoms with Crippen molar-refractivity contribution in [1.82, 2.24) is 19.7 Å². The maximum absolute atomic E-state index is 12.2. The minimum absolute atomic E-state index is 0.0295. The molecule has 0 aliphatic carbocycles. The first kappa shape index (κ1) is 10.8. The number of carbonyl (C=O) groups is 1. The quantitative estimate of drug-likeness (QED) is 0.746. The zero-order chi connectivity index (χ0) is 12.7. The third-order valence-corrected chi connectivity index (χ3v) is 2.98. The zero-order valence-electron chi connectivity index (χ0n) is 10.1. The van der Waals surface area contributed by atoms with E-state index in [-0.39, 0.29) is 5.91 Å². The van der Waals surface area contributed by atoms with Crippen molar-refractivity contribution < 1.29 is 9.53 Å². The second-order valence-electron chi connectivity index (χ2n) is 4.12. The molecule has 0 fully saturated rings. The van der Waals surface area contributed by atoms with Gasteiger partial charge in [0.15, 0.2) is 5.82 Å². The average Bonchev–Trinajstić information content (AvgIpc) is 2.76. The molecule has 1 aromatic heterocycles. The van der Waals surface area contributed by atoms with Crippen LogP contribution in [0.25, 0.3) is 5.69 Å². The number of benzene rings is 1. The lowest BCUT2D eigenvalue weighted by atomic mass is 10.1. The summed E-state index contributed by atoms with van der Waals surface area (Å²) in [6.45, 7) is 0.407. The number of fused-ring (bicyclic) bond motifs is 3. The number of aromatic nitrogens is 3. The fourth-order valence-corrected chi connectivity index (χ4v) is 2.12. The lowest BCUT2D eigenvalue weighted by Crippen LogP contribution is -2.25. The Bertz CT molecular complexity index is 620. The molecule has 0 radical (unpaired) electrons. The summed E-state index contributed by atoms with van der Waals surface area (Å²) < 4.78 is 6.97. The maximum atomic E-state index is 12.2. The van der Waals surface area contributed by atoms with Crippen LogP contribution < -0.4 is 4.74 Å². The molecule has 1 aliphatic heterocycles. The van der Waals surface area contributed by atoms with Gasteiger partial charge in [-0.3, -0.25) is 4.79 Å². The lowest BCUT2D eigenvalue weighted by molar-refractivity contribution is 0.0786. The van der Waals surface area contributed by atoms with Crippen LogP contribution in [-0.4, -0.2) is 39.7 Å². The molecule has 1 aromatic carbocycles. The van der Waals surface area contributed by atoms with Gasteiger partial charge in [0.05, 0.1) is 24.9 Å². The van der Waals surface area contributed by atoms with Crippen LogP contribution >= 0.6 is 0 Å². The van der Waals surface area contributed by atoms with E-state index in [1.54, 1.807) is 22.6 Å². The third kappa shape index (κ3) is 1.38. The topological polar surface area (TPSA) is 60.3 Å². The Balaban J connectivity index is 2.32. The molecule has 18 heavy (non-hydrogen) atoms. The number of hydrogen-bond donors (Lipinski definition) is 0. The molecule has 2 heterocycles. The SMILES string of the molecule is COc1nnc2n1-c1ccccc1C(=O)N(C)C2. The first-order valence-electron chi connectivity index (χ1n) is 5.55. The van der Waals surface area contributed by atoms with Crippen LogP contribution in [0, 0.1) is 0 Å². The molecule has 0 bridgehead atoms. The number of hydrogen-bond acceptors (Lipinski definition) is 4. The molecule has 1 amide bonds. The normalized spacial score (nSPS) is 13.9. The van der Waals surface area contributed by atoms with Crippen LogP contribution in [-0.2, 0) is 6.54 Å². The predicted molar refractivity (Wildman–Crippen MR) is 63.7 cm³/mol. The van der Waals surface area contributed by atoms with Crippen molar-refractivity contribution in [2.24, 2.45) is 0 Å². The molecule has 0 N–H and O–H groups in total. The number of methoxy groups -OCH3 is 1. The van der Waals surface area contributed by atoms with Gasteiger partial charge in [-0.2, -0.15) is 0 Å². The van der Waals surface area contributed by atoms with Gasteiger partial charge in [-0.1, -0.05) is 17.2 Å². The van der Waals surface area contributed by atoms with E-state index in [1.807, 2.05) is 18.2 Å². The summed E-state index contributed by atoms with van der Waals surface area (Å²) in [5, 5.41) is 8.03. The number of carbonyl (C=O) groups excluding carboxylic acids is 1. The Morgan fingerprint density at radius 2 is 2.06 bits per heavy atom. The minimum Gasteiger partial charge on any atom is -0.467 e. The van der Waals surface area contributed by atoms with Crippen LogP contribution in [0.4, 0.5) is 0 Å². The highest BCUT2D eigenvalue weighted by molar-refractivity contribution is 5.98. The fourth-order valence-electron chi connectivity index (χ4n) is 2.12. The molecule has 3 rings (SSSR count). The molecular formula is C12H12N4O2. The molecule has 6 heteroatoms. The highest BCUT2D eigenvalue weighted by Crippen LogP contribution is 2.26. The molecule has 2 aromatic rings. The Morgan fingerprint density at radius 1 is 1.28 bits per heavy atom. The van der Waals surface area contributed by atoms with Gasteiger partial charge in [0.25, 0.3) is 5.91 Å². The standard InChI is InChI=1S/C12H12N4O2/c1-15-7-10-13-14-12(18-2)16(10)9-6-4-3-5-8(9)11(15)17/h3-6H,7H2,1-2H3. The average molecular weight is 244 g/mol. The molecule has 0 saturated heterocycles. The van der Waals surface area contributed by atoms with Crippen molar-refractivity contribution in [3.05, 3.63) is 35.7 Å². The van der Waals surface area contributed by atoms with Gasteiger partial charge in [-0.25, -0.2) is 4.57 Å². The van der Waals surface area contributed by atoms with Crippen molar-refractivity contribution >= 4 is 5.91 Å². The number of amides is 1. The number of rotatable bonds is 1. The molecule has 1 aliphatic rings. The van der Waals surface area contributed by atoms with Gasteiger partial charge < -0.3 is 9.64 Å². The number of ether oxygens (including phenoxy) is 1. The number of nitrogens with zero attached hydrogens (tertiary/aromatic N) is 4. The Morgan fingerprint density at radius 3 is 2.83 bits per heavy atom. The summed E-state index contributed by atoms with van der Waals surface area (Å²) >= 11 is 0. The maximum Gasteiger partial charge on any atom is 0.321 e. The highest BCUT2D eigenvalue weighted by Gasteiger charge is 2.26. The smallest absolute Gasteiger partial charge is 0.321 e. The van der Waals surface area contributed by atoms with Crippen molar-refractivity contribution in [2.75, 3.05) is 14.2 Å². The first-order valence-corrected chi connectivity index (χ1v) is 5.55. The van der Waals surface area contributed by atoms with Crippen LogP contribution in [0.3, 0.4) is 0 Å². The van der Waals surface area contributed by atoms with E-state index in [0.717, 1.165) is 5.69 Å². The minimum atomic E-state index is -0.0295. The largest absolute Gasteiger partial charge is 0.467 e. The van der Waals surface area contributed by atoms with E-state index >= 15 is 0 Å². The fraction of sp³-hybridized carbons (Fsp3) is 0.250. The lowest BCUT2D eigenvalue weighted by Gasteiger charge is -2.12. The van der Waals surface area contributed by atoms with Gasteiger partial charge in [0, 0.05) is 7.05 Å². The van der Waals surface area contributed by atoms with E-state index in [2.05, 4.69) is 10.2 Å². The monoisotopic (exact) mass is 244 g/mol. The van der Waals surface area contributed by atoms with Crippen molar-refractivity contribution in [3.63, 3.8) is 0 Å². The van der Waals surface area contributed by atoms with Gasteiger partial charge in [0.2, 0.25) is 0 Å². The van der Waals surface area contributed by atoms with E-state index in [4.69, 9.17) is 4.74 Å². The first-order chi connectivity index (χ1) is 8.72. The predicted octanol–water partition coefficient (Wildman–Crippen LogP) is 0.862. The Kier molecular flexibility index (Phi) is 2.29. The van der Waals surface area contributed by atoms with Crippen LogP contribution in [0.1, 0.15) is 16.2 Å². The molecule has 0 spiro atoms. The van der Waals surface area contributed by atoms with E-state index < -0.39 is 0 Å². The zero-order valence-corrected chi connectivity index (χ0v) is 10.1. The van der Waals surface area contributed by atoms with Gasteiger partial charge in [-0.15, -0.1) is 5.10 Å². The Labute approximate surface area is 104 Å². The highest BCUT2D eigenvalue weighted by atomic mass is 16.5. The van der Waals surface area contributed by atoms with Crippen molar-refractivity contribution in [2.45, 2.75) is 6.54 Å². The third-order valence-electron chi connectivity index (χ3n) is 2.98. The summed E-state index contributed by atoms with van der Waals surface area (Å²) in [7, 11) is 3.28. The van der Waals surface area contributed by atoms with Crippen LogP contribution in [0.5, 0.6) is 6.01 Å². The summed E-state index contributed by atoms with van der Waals surface area (Å²) in [4.78, 5) is 13.8. The van der Waals surface area contributed by atoms with Gasteiger partial charge in [-0.05, 0) is 12.1 Å². The van der Waals surface area contributed by atoms with E-state index in [1.165, 1.54) is 7.11 Å². The summed E-state index contributed by atoms with van der Waals surface area (Å²) in [6.07, 6.45) is 0. The molecule has 0 saturated carbocycles. The second kappa shape index (κ2) is 3.83. The molecule has 0 unspecified atom stereocenters. The summed E-state index contributed by atoms with van der Waals surface area (Å²) in [5.74, 6) is 0.658. The van der Waals surface area contributed by atoms with Crippen molar-refractivity contribution in [1.29, 1.82) is 0 Å². The molecule has 0 atom stereocenters. The second-order valence-corrected chi connectivity index (χ2v) is 4.12. The summed E-state index contributed by atoms with van der Waals surface area (Å²) in [6, 6.07) is 7.76. The van der Waals surface area contributed by atoms with Crippen LogP contribution in [0.15, 0.2) is 24.3 Å². The van der Waals surface area contributed by atoms with E-state index in [9.17, 15) is 4.79 Å². The molecule has 92 valence electrons. The van der Waals surface area contributed by atoms with Gasteiger partial charge in [0.1, 0.15) is 0 Å². The van der Waals surface area contributed by atoms with Crippen LogP contribution in [0.2, 0.25) is 0 Å². The number of para-hydroxylation sites is 1. The molecular weight excluding hydrogens is 232 g/mol. The van der Waals surface area contributed by atoms with E-state index in [0.29, 0.717) is 23.9 Å². The van der Waals surface area contributed by atoms with Crippen molar-refractivity contribution in [3.8, 4) is 11.7 Å². The summed E-state index contributed by atoms with van der Waals surface area (Å²) in [5.41, 5.74) is 1.38.